The number of rotatable bonds is 4. The Bertz CT molecular complexity index is 776. The first-order valence-electron chi connectivity index (χ1n) is 8.69. The van der Waals surface area contributed by atoms with E-state index in [0.29, 0.717) is 28.9 Å². The van der Waals surface area contributed by atoms with Gasteiger partial charge < -0.3 is 10.3 Å². The van der Waals surface area contributed by atoms with Crippen LogP contribution in [0.4, 0.5) is 0 Å². The number of aromatic nitrogens is 1. The van der Waals surface area contributed by atoms with Gasteiger partial charge in [0.15, 0.2) is 0 Å². The first-order valence-corrected chi connectivity index (χ1v) is 8.69. The number of aromatic amines is 1. The highest BCUT2D eigenvalue weighted by molar-refractivity contribution is 6.06. The molecule has 2 N–H and O–H groups in total. The topological polar surface area (TPSA) is 65.2 Å². The fourth-order valence-corrected chi connectivity index (χ4v) is 3.33. The van der Waals surface area contributed by atoms with Crippen LogP contribution in [0.3, 0.4) is 0 Å². The molecule has 5 nitrogen and oxygen atoms in total. The molecule has 1 aromatic carbocycles. The number of carbonyl (C=O) groups excluding carboxylic acids is 1. The van der Waals surface area contributed by atoms with E-state index in [9.17, 15) is 9.59 Å². The zero-order chi connectivity index (χ0) is 17.1. The predicted molar refractivity (Wildman–Crippen MR) is 96.3 cm³/mol. The van der Waals surface area contributed by atoms with Crippen LogP contribution < -0.4 is 10.9 Å². The normalized spacial score (nSPS) is 17.8. The summed E-state index contributed by atoms with van der Waals surface area (Å²) in [5, 5.41) is 4.25. The molecule has 3 rings (SSSR count). The number of benzene rings is 1. The van der Waals surface area contributed by atoms with E-state index < -0.39 is 0 Å². The number of nitrogens with one attached hydrogen (secondary N) is 2. The van der Waals surface area contributed by atoms with E-state index in [0.717, 1.165) is 19.0 Å². The largest absolute Gasteiger partial charge is 0.350 e. The van der Waals surface area contributed by atoms with E-state index in [1.807, 2.05) is 12.1 Å². The first-order chi connectivity index (χ1) is 11.6. The lowest BCUT2D eigenvalue weighted by Gasteiger charge is -2.35. The fourth-order valence-electron chi connectivity index (χ4n) is 3.33. The van der Waals surface area contributed by atoms with Crippen molar-refractivity contribution >= 4 is 16.7 Å². The summed E-state index contributed by atoms with van der Waals surface area (Å²) in [6.45, 7) is 7.26. The Morgan fingerprint density at radius 1 is 1.29 bits per heavy atom. The van der Waals surface area contributed by atoms with Crippen LogP contribution >= 0.6 is 0 Å². The summed E-state index contributed by atoms with van der Waals surface area (Å²) in [7, 11) is 0. The van der Waals surface area contributed by atoms with Gasteiger partial charge in [0.25, 0.3) is 11.5 Å². The van der Waals surface area contributed by atoms with Gasteiger partial charge in [-0.1, -0.05) is 25.1 Å². The van der Waals surface area contributed by atoms with Crippen molar-refractivity contribution in [3.63, 3.8) is 0 Å². The van der Waals surface area contributed by atoms with Crippen LogP contribution in [0.25, 0.3) is 10.8 Å². The quantitative estimate of drug-likeness (QED) is 0.906. The zero-order valence-electron chi connectivity index (χ0n) is 14.3. The van der Waals surface area contributed by atoms with Crippen LogP contribution in [-0.2, 0) is 0 Å². The number of likely N-dealkylation sites (tertiary alicyclic amines) is 1. The Balaban J connectivity index is 1.67. The molecular formula is C19H25N3O2. The molecule has 0 bridgehead atoms. The third-order valence-electron chi connectivity index (χ3n) is 5.05. The van der Waals surface area contributed by atoms with E-state index in [4.69, 9.17) is 0 Å². The Morgan fingerprint density at radius 2 is 1.96 bits per heavy atom. The lowest BCUT2D eigenvalue weighted by Crippen LogP contribution is -2.45. The summed E-state index contributed by atoms with van der Waals surface area (Å²) in [6, 6.07) is 7.52. The van der Waals surface area contributed by atoms with Crippen LogP contribution in [0.5, 0.6) is 0 Å². The molecule has 1 fully saturated rings. The van der Waals surface area contributed by atoms with Crippen molar-refractivity contribution < 1.29 is 4.79 Å². The van der Waals surface area contributed by atoms with Gasteiger partial charge in [0, 0.05) is 29.6 Å². The van der Waals surface area contributed by atoms with E-state index in [1.165, 1.54) is 19.0 Å². The highest BCUT2D eigenvalue weighted by Gasteiger charge is 2.21. The molecule has 1 aromatic heterocycles. The Kier molecular flexibility index (Phi) is 5.00. The molecule has 1 aliphatic heterocycles. The van der Waals surface area contributed by atoms with Crippen LogP contribution in [0.15, 0.2) is 35.3 Å². The summed E-state index contributed by atoms with van der Waals surface area (Å²) < 4.78 is 0. The van der Waals surface area contributed by atoms with E-state index in [1.54, 1.807) is 12.1 Å². The van der Waals surface area contributed by atoms with Crippen molar-refractivity contribution in [3.05, 3.63) is 46.4 Å². The molecule has 128 valence electrons. The third kappa shape index (κ3) is 3.51. The molecule has 1 saturated heterocycles. The molecule has 1 atom stereocenters. The van der Waals surface area contributed by atoms with Crippen molar-refractivity contribution in [2.45, 2.75) is 32.7 Å². The molecule has 0 saturated carbocycles. The lowest BCUT2D eigenvalue weighted by molar-refractivity contribution is 0.0923. The summed E-state index contributed by atoms with van der Waals surface area (Å²) in [4.78, 5) is 29.5. The van der Waals surface area contributed by atoms with Gasteiger partial charge in [0.2, 0.25) is 0 Å². The number of nitrogens with zero attached hydrogens (tertiary/aromatic N) is 1. The van der Waals surface area contributed by atoms with Crippen molar-refractivity contribution in [2.75, 3.05) is 19.6 Å². The van der Waals surface area contributed by atoms with Crippen molar-refractivity contribution in [2.24, 2.45) is 5.92 Å². The number of H-pyrrole nitrogens is 1. The van der Waals surface area contributed by atoms with Crippen LogP contribution in [0, 0.1) is 5.92 Å². The zero-order valence-corrected chi connectivity index (χ0v) is 14.3. The van der Waals surface area contributed by atoms with Crippen molar-refractivity contribution in [1.29, 1.82) is 0 Å². The standard InChI is InChI=1S/C19H25N3O2/c1-13-7-9-22(10-8-13)14(2)11-20-19(24)17-12-21-18(23)16-6-4-3-5-15(16)17/h3-6,12-14H,7-11H2,1-2H3,(H,20,24)(H,21,23)/t14-/m0/s1. The second kappa shape index (κ2) is 7.18. The van der Waals surface area contributed by atoms with Crippen LogP contribution in [0.1, 0.15) is 37.0 Å². The third-order valence-corrected chi connectivity index (χ3v) is 5.05. The monoisotopic (exact) mass is 327 g/mol. The van der Waals surface area contributed by atoms with E-state index >= 15 is 0 Å². The van der Waals surface area contributed by atoms with Gasteiger partial charge in [0.1, 0.15) is 0 Å². The maximum absolute atomic E-state index is 12.6. The number of carbonyl (C=O) groups is 1. The van der Waals surface area contributed by atoms with Gasteiger partial charge in [-0.3, -0.25) is 14.5 Å². The molecule has 5 heteroatoms. The van der Waals surface area contributed by atoms with E-state index in [-0.39, 0.29) is 11.5 Å². The average molecular weight is 327 g/mol. The molecule has 0 unspecified atom stereocenters. The fraction of sp³-hybridized carbons (Fsp3) is 0.474. The van der Waals surface area contributed by atoms with Gasteiger partial charge >= 0.3 is 0 Å². The molecule has 2 heterocycles. The van der Waals surface area contributed by atoms with Gasteiger partial charge in [-0.05, 0) is 44.8 Å². The lowest BCUT2D eigenvalue weighted by atomic mass is 9.98. The molecule has 0 aliphatic carbocycles. The Hall–Kier alpha value is -2.14. The second-order valence-corrected chi connectivity index (χ2v) is 6.85. The summed E-state index contributed by atoms with van der Waals surface area (Å²) in [5.74, 6) is 0.662. The molecular weight excluding hydrogens is 302 g/mol. The SMILES string of the molecule is CC1CCN([C@@H](C)CNC(=O)c2c[nH]c(=O)c3ccccc23)CC1. The molecule has 0 spiro atoms. The minimum atomic E-state index is -0.169. The average Bonchev–Trinajstić information content (AvgIpc) is 2.60. The maximum Gasteiger partial charge on any atom is 0.255 e. The van der Waals surface area contributed by atoms with Crippen molar-refractivity contribution in [3.8, 4) is 0 Å². The minimum absolute atomic E-state index is 0.139. The Morgan fingerprint density at radius 3 is 2.67 bits per heavy atom. The van der Waals surface area contributed by atoms with Gasteiger partial charge in [-0.2, -0.15) is 0 Å². The Labute approximate surface area is 142 Å². The van der Waals surface area contributed by atoms with Crippen LogP contribution in [-0.4, -0.2) is 41.5 Å². The molecule has 0 radical (unpaired) electrons. The number of fused-ring (bicyclic) bond motifs is 1. The number of piperidine rings is 1. The highest BCUT2D eigenvalue weighted by atomic mass is 16.1. The van der Waals surface area contributed by atoms with Gasteiger partial charge in [-0.15, -0.1) is 0 Å². The van der Waals surface area contributed by atoms with Crippen molar-refractivity contribution in [1.82, 2.24) is 15.2 Å². The van der Waals surface area contributed by atoms with Gasteiger partial charge in [-0.25, -0.2) is 0 Å². The number of amides is 1. The smallest absolute Gasteiger partial charge is 0.255 e. The molecule has 1 aliphatic rings. The summed E-state index contributed by atoms with van der Waals surface area (Å²) in [5.41, 5.74) is 0.350. The molecule has 1 amide bonds. The second-order valence-electron chi connectivity index (χ2n) is 6.85. The highest BCUT2D eigenvalue weighted by Crippen LogP contribution is 2.18. The summed E-state index contributed by atoms with van der Waals surface area (Å²) >= 11 is 0. The first kappa shape index (κ1) is 16.7. The predicted octanol–water partition coefficient (Wildman–Crippen LogP) is 2.38. The van der Waals surface area contributed by atoms with Gasteiger partial charge in [0.05, 0.1) is 5.56 Å². The summed E-state index contributed by atoms with van der Waals surface area (Å²) in [6.07, 6.45) is 3.96. The minimum Gasteiger partial charge on any atom is -0.350 e. The maximum atomic E-state index is 12.6. The molecule has 24 heavy (non-hydrogen) atoms. The molecule has 2 aromatic rings. The van der Waals surface area contributed by atoms with E-state index in [2.05, 4.69) is 29.0 Å². The number of hydrogen-bond acceptors (Lipinski definition) is 3. The number of pyridine rings is 1. The number of hydrogen-bond donors (Lipinski definition) is 2. The van der Waals surface area contributed by atoms with Crippen LogP contribution in [0.2, 0.25) is 0 Å².